The maximum Gasteiger partial charge on any atom is 0.268 e. The van der Waals surface area contributed by atoms with Gasteiger partial charge < -0.3 is 21.1 Å². The second-order valence-corrected chi connectivity index (χ2v) is 5.15. The molecular formula is C11H20N4O2S. The number of aliphatic hydroxyl groups is 1. The Labute approximate surface area is 111 Å². The van der Waals surface area contributed by atoms with E-state index in [1.165, 1.54) is 11.3 Å². The van der Waals surface area contributed by atoms with Crippen LogP contribution in [0.25, 0.3) is 0 Å². The molecule has 1 rings (SSSR count). The van der Waals surface area contributed by atoms with Crippen LogP contribution in [0, 0.1) is 0 Å². The molecule has 0 unspecified atom stereocenters. The van der Waals surface area contributed by atoms with Gasteiger partial charge in [-0.15, -0.1) is 0 Å². The van der Waals surface area contributed by atoms with Crippen LogP contribution in [0.5, 0.6) is 0 Å². The van der Waals surface area contributed by atoms with Crippen LogP contribution < -0.4 is 11.1 Å². The Bertz CT molecular complexity index is 406. The monoisotopic (exact) mass is 272 g/mol. The number of nitrogens with two attached hydrogens (primary N) is 1. The van der Waals surface area contributed by atoms with Crippen molar-refractivity contribution in [3.05, 3.63) is 4.88 Å². The van der Waals surface area contributed by atoms with Gasteiger partial charge in [0.25, 0.3) is 5.91 Å². The molecule has 0 saturated heterocycles. The van der Waals surface area contributed by atoms with E-state index in [1.54, 1.807) is 11.9 Å². The third kappa shape index (κ3) is 3.33. The molecule has 6 nitrogen and oxygen atoms in total. The number of anilines is 2. The van der Waals surface area contributed by atoms with Crippen LogP contribution in [0.1, 0.15) is 29.9 Å². The zero-order valence-electron chi connectivity index (χ0n) is 10.9. The van der Waals surface area contributed by atoms with Gasteiger partial charge in [-0.25, -0.2) is 4.98 Å². The van der Waals surface area contributed by atoms with E-state index in [0.717, 1.165) is 0 Å². The summed E-state index contributed by atoms with van der Waals surface area (Å²) in [5.41, 5.74) is 5.75. The Balaban J connectivity index is 2.90. The lowest BCUT2D eigenvalue weighted by Crippen LogP contribution is -2.38. The number of amides is 1. The lowest BCUT2D eigenvalue weighted by molar-refractivity contribution is 0.0699. The Morgan fingerprint density at radius 3 is 2.72 bits per heavy atom. The average Bonchev–Trinajstić information content (AvgIpc) is 2.70. The minimum atomic E-state index is -0.130. The predicted octanol–water partition coefficient (Wildman–Crippen LogP) is 1.00. The second kappa shape index (κ2) is 6.55. The molecule has 0 aliphatic carbocycles. The zero-order valence-corrected chi connectivity index (χ0v) is 11.8. The molecule has 1 aromatic rings. The van der Waals surface area contributed by atoms with Gasteiger partial charge in [-0.05, 0) is 20.3 Å². The number of hydrogen-bond acceptors (Lipinski definition) is 6. The van der Waals surface area contributed by atoms with E-state index in [-0.39, 0.29) is 24.4 Å². The van der Waals surface area contributed by atoms with Gasteiger partial charge in [0, 0.05) is 26.2 Å². The zero-order chi connectivity index (χ0) is 13.7. The van der Waals surface area contributed by atoms with E-state index in [4.69, 9.17) is 10.8 Å². The number of thiazole rings is 1. The van der Waals surface area contributed by atoms with Gasteiger partial charge in [0.1, 0.15) is 10.7 Å². The molecule has 0 aliphatic rings. The number of nitrogens with zero attached hydrogens (tertiary/aromatic N) is 2. The number of nitrogens with one attached hydrogen (secondary N) is 1. The SMILES string of the molecule is CNc1nc(N)c(C(=O)N(CCCO)C(C)C)s1. The van der Waals surface area contributed by atoms with E-state index in [9.17, 15) is 4.79 Å². The lowest BCUT2D eigenvalue weighted by Gasteiger charge is -2.26. The number of nitrogen functional groups attached to an aromatic ring is 1. The molecule has 102 valence electrons. The van der Waals surface area contributed by atoms with Gasteiger partial charge in [0.05, 0.1) is 0 Å². The van der Waals surface area contributed by atoms with Crippen LogP contribution in [0.3, 0.4) is 0 Å². The van der Waals surface area contributed by atoms with Crippen LogP contribution >= 0.6 is 11.3 Å². The highest BCUT2D eigenvalue weighted by atomic mass is 32.1. The van der Waals surface area contributed by atoms with Crippen molar-refractivity contribution >= 4 is 28.2 Å². The standard InChI is InChI=1S/C11H20N4O2S/c1-7(2)15(5-4-6-16)10(17)8-9(12)14-11(13-3)18-8/h7,16H,4-6,12H2,1-3H3,(H,13,14). The van der Waals surface area contributed by atoms with Crippen molar-refractivity contribution in [2.45, 2.75) is 26.3 Å². The molecule has 0 aromatic carbocycles. The highest BCUT2D eigenvalue weighted by Crippen LogP contribution is 2.26. The minimum Gasteiger partial charge on any atom is -0.396 e. The first kappa shape index (κ1) is 14.7. The minimum absolute atomic E-state index is 0.0589. The largest absolute Gasteiger partial charge is 0.396 e. The molecule has 7 heteroatoms. The van der Waals surface area contributed by atoms with Gasteiger partial charge in [0.15, 0.2) is 5.13 Å². The predicted molar refractivity (Wildman–Crippen MR) is 73.9 cm³/mol. The summed E-state index contributed by atoms with van der Waals surface area (Å²) in [6, 6.07) is 0.0589. The normalized spacial score (nSPS) is 10.7. The van der Waals surface area contributed by atoms with Crippen LogP contribution in [0.4, 0.5) is 10.9 Å². The fraction of sp³-hybridized carbons (Fsp3) is 0.636. The van der Waals surface area contributed by atoms with E-state index < -0.39 is 0 Å². The van der Waals surface area contributed by atoms with Gasteiger partial charge in [-0.1, -0.05) is 11.3 Å². The maximum atomic E-state index is 12.3. The van der Waals surface area contributed by atoms with Crippen LogP contribution in [0.2, 0.25) is 0 Å². The van der Waals surface area contributed by atoms with Crippen molar-refractivity contribution in [2.75, 3.05) is 31.2 Å². The van der Waals surface area contributed by atoms with E-state index in [0.29, 0.717) is 23.0 Å². The summed E-state index contributed by atoms with van der Waals surface area (Å²) in [5.74, 6) is 0.124. The Morgan fingerprint density at radius 1 is 1.61 bits per heavy atom. The molecule has 18 heavy (non-hydrogen) atoms. The third-order valence-electron chi connectivity index (χ3n) is 2.50. The second-order valence-electron chi connectivity index (χ2n) is 4.15. The van der Waals surface area contributed by atoms with Gasteiger partial charge in [0.2, 0.25) is 0 Å². The molecule has 0 fully saturated rings. The van der Waals surface area contributed by atoms with Crippen LogP contribution in [-0.4, -0.2) is 47.1 Å². The summed E-state index contributed by atoms with van der Waals surface area (Å²) in [6.45, 7) is 4.45. The van der Waals surface area contributed by atoms with Gasteiger partial charge in [-0.3, -0.25) is 4.79 Å². The fourth-order valence-electron chi connectivity index (χ4n) is 1.56. The van der Waals surface area contributed by atoms with Gasteiger partial charge >= 0.3 is 0 Å². The molecule has 0 atom stereocenters. The Kier molecular flexibility index (Phi) is 5.36. The topological polar surface area (TPSA) is 91.5 Å². The number of rotatable bonds is 6. The van der Waals surface area contributed by atoms with Crippen molar-refractivity contribution in [1.29, 1.82) is 0 Å². The number of carbonyl (C=O) groups is 1. The molecule has 1 aromatic heterocycles. The molecular weight excluding hydrogens is 252 g/mol. The molecule has 0 saturated carbocycles. The Hall–Kier alpha value is -1.34. The quantitative estimate of drug-likeness (QED) is 0.718. The van der Waals surface area contributed by atoms with E-state index in [2.05, 4.69) is 10.3 Å². The first-order valence-corrected chi connectivity index (χ1v) is 6.68. The Morgan fingerprint density at radius 2 is 2.28 bits per heavy atom. The first-order chi connectivity index (χ1) is 8.51. The fourth-order valence-corrected chi connectivity index (χ4v) is 2.35. The average molecular weight is 272 g/mol. The highest BCUT2D eigenvalue weighted by Gasteiger charge is 2.23. The summed E-state index contributed by atoms with van der Waals surface area (Å²) in [7, 11) is 1.73. The molecule has 1 heterocycles. The highest BCUT2D eigenvalue weighted by molar-refractivity contribution is 7.18. The first-order valence-electron chi connectivity index (χ1n) is 5.87. The lowest BCUT2D eigenvalue weighted by atomic mass is 10.2. The van der Waals surface area contributed by atoms with Crippen molar-refractivity contribution in [3.8, 4) is 0 Å². The maximum absolute atomic E-state index is 12.3. The van der Waals surface area contributed by atoms with Crippen LogP contribution in [0.15, 0.2) is 0 Å². The van der Waals surface area contributed by atoms with Crippen molar-refractivity contribution in [3.63, 3.8) is 0 Å². The summed E-state index contributed by atoms with van der Waals surface area (Å²) >= 11 is 1.25. The van der Waals surface area contributed by atoms with Crippen LogP contribution in [-0.2, 0) is 0 Å². The number of carbonyl (C=O) groups excluding carboxylic acids is 1. The van der Waals surface area contributed by atoms with Crippen molar-refractivity contribution < 1.29 is 9.90 Å². The molecule has 0 spiro atoms. The summed E-state index contributed by atoms with van der Waals surface area (Å²) < 4.78 is 0. The van der Waals surface area contributed by atoms with Crippen molar-refractivity contribution in [1.82, 2.24) is 9.88 Å². The smallest absolute Gasteiger partial charge is 0.268 e. The molecule has 0 bridgehead atoms. The van der Waals surface area contributed by atoms with E-state index >= 15 is 0 Å². The van der Waals surface area contributed by atoms with Gasteiger partial charge in [-0.2, -0.15) is 0 Å². The summed E-state index contributed by atoms with van der Waals surface area (Å²) in [6.07, 6.45) is 0.557. The number of aliphatic hydroxyl groups excluding tert-OH is 1. The third-order valence-corrected chi connectivity index (χ3v) is 3.58. The molecule has 4 N–H and O–H groups in total. The molecule has 0 radical (unpaired) electrons. The molecule has 1 amide bonds. The summed E-state index contributed by atoms with van der Waals surface area (Å²) in [5, 5.41) is 12.4. The van der Waals surface area contributed by atoms with Crippen molar-refractivity contribution in [2.24, 2.45) is 0 Å². The molecule has 0 aliphatic heterocycles. The number of hydrogen-bond donors (Lipinski definition) is 3. The van der Waals surface area contributed by atoms with E-state index in [1.807, 2.05) is 13.8 Å². The summed E-state index contributed by atoms with van der Waals surface area (Å²) in [4.78, 5) is 18.6. The number of aromatic nitrogens is 1.